The second-order valence-electron chi connectivity index (χ2n) is 5.80. The van der Waals surface area contributed by atoms with Crippen molar-refractivity contribution in [3.05, 3.63) is 29.3 Å². The fourth-order valence-corrected chi connectivity index (χ4v) is 2.87. The number of benzene rings is 1. The molecule has 1 unspecified atom stereocenters. The van der Waals surface area contributed by atoms with Crippen LogP contribution in [-0.2, 0) is 6.54 Å². The van der Waals surface area contributed by atoms with E-state index < -0.39 is 0 Å². The molecule has 0 aromatic heterocycles. The van der Waals surface area contributed by atoms with Gasteiger partial charge in [0.25, 0.3) is 0 Å². The monoisotopic (exact) mass is 262 g/mol. The van der Waals surface area contributed by atoms with Crippen LogP contribution in [0.1, 0.15) is 25.0 Å². The maximum Gasteiger partial charge on any atom is 0.123 e. The summed E-state index contributed by atoms with van der Waals surface area (Å²) in [5.74, 6) is 1.68. The molecule has 0 amide bonds. The van der Waals surface area contributed by atoms with Gasteiger partial charge < -0.3 is 10.1 Å². The van der Waals surface area contributed by atoms with Gasteiger partial charge in [-0.2, -0.15) is 0 Å². The Morgan fingerprint density at radius 2 is 2.21 bits per heavy atom. The largest absolute Gasteiger partial charge is 0.496 e. The molecule has 1 aliphatic heterocycles. The third kappa shape index (κ3) is 3.48. The maximum absolute atomic E-state index is 5.50. The zero-order valence-corrected chi connectivity index (χ0v) is 12.6. The van der Waals surface area contributed by atoms with Crippen LogP contribution in [0.3, 0.4) is 0 Å². The minimum atomic E-state index is 0.610. The van der Waals surface area contributed by atoms with Gasteiger partial charge in [0.2, 0.25) is 0 Å². The van der Waals surface area contributed by atoms with E-state index >= 15 is 0 Å². The van der Waals surface area contributed by atoms with E-state index in [0.29, 0.717) is 12.0 Å². The first-order chi connectivity index (χ1) is 9.11. The van der Waals surface area contributed by atoms with Crippen LogP contribution in [0.15, 0.2) is 18.2 Å². The first kappa shape index (κ1) is 14.4. The molecule has 0 saturated carbocycles. The Balaban J connectivity index is 2.16. The molecule has 1 aromatic carbocycles. The van der Waals surface area contributed by atoms with Gasteiger partial charge in [-0.1, -0.05) is 31.5 Å². The first-order valence-corrected chi connectivity index (χ1v) is 7.20. The van der Waals surface area contributed by atoms with E-state index in [0.717, 1.165) is 31.9 Å². The molecular formula is C16H26N2O. The molecule has 19 heavy (non-hydrogen) atoms. The summed E-state index contributed by atoms with van der Waals surface area (Å²) < 4.78 is 5.50. The van der Waals surface area contributed by atoms with E-state index in [9.17, 15) is 0 Å². The van der Waals surface area contributed by atoms with Crippen molar-refractivity contribution in [1.82, 2.24) is 10.2 Å². The van der Waals surface area contributed by atoms with E-state index in [1.165, 1.54) is 11.1 Å². The van der Waals surface area contributed by atoms with Crippen LogP contribution in [0.4, 0.5) is 0 Å². The highest BCUT2D eigenvalue weighted by Crippen LogP contribution is 2.24. The molecule has 2 rings (SSSR count). The number of aryl methyl sites for hydroxylation is 1. The van der Waals surface area contributed by atoms with Crippen LogP contribution in [0, 0.1) is 12.8 Å². The van der Waals surface area contributed by atoms with Crippen LogP contribution in [-0.4, -0.2) is 37.7 Å². The molecule has 0 spiro atoms. The second-order valence-corrected chi connectivity index (χ2v) is 5.80. The van der Waals surface area contributed by atoms with E-state index in [1.54, 1.807) is 7.11 Å². The summed E-state index contributed by atoms with van der Waals surface area (Å²) in [6.07, 6.45) is 0. The molecule has 1 saturated heterocycles. The highest BCUT2D eigenvalue weighted by Gasteiger charge is 2.25. The van der Waals surface area contributed by atoms with E-state index in [1.807, 2.05) is 0 Å². The smallest absolute Gasteiger partial charge is 0.123 e. The van der Waals surface area contributed by atoms with Gasteiger partial charge in [-0.25, -0.2) is 0 Å². The van der Waals surface area contributed by atoms with Crippen LogP contribution in [0.5, 0.6) is 5.75 Å². The SMILES string of the molecule is COc1ccc(C)cc1CN1CCNCC1C(C)C. The highest BCUT2D eigenvalue weighted by molar-refractivity contribution is 5.36. The third-order valence-corrected chi connectivity index (χ3v) is 3.98. The van der Waals surface area contributed by atoms with Gasteiger partial charge in [0.1, 0.15) is 5.75 Å². The zero-order valence-electron chi connectivity index (χ0n) is 12.6. The average Bonchev–Trinajstić information content (AvgIpc) is 2.39. The van der Waals surface area contributed by atoms with Crippen LogP contribution in [0.25, 0.3) is 0 Å². The summed E-state index contributed by atoms with van der Waals surface area (Å²) in [5, 5.41) is 3.50. The molecular weight excluding hydrogens is 236 g/mol. The molecule has 3 heteroatoms. The van der Waals surface area contributed by atoms with Crippen molar-refractivity contribution >= 4 is 0 Å². The predicted octanol–water partition coefficient (Wildman–Crippen LogP) is 2.43. The number of methoxy groups -OCH3 is 1. The van der Waals surface area contributed by atoms with Crippen molar-refractivity contribution in [2.24, 2.45) is 5.92 Å². The van der Waals surface area contributed by atoms with Crippen LogP contribution < -0.4 is 10.1 Å². The molecule has 1 atom stereocenters. The topological polar surface area (TPSA) is 24.5 Å². The Kier molecular flexibility index (Phi) is 4.83. The van der Waals surface area contributed by atoms with Gasteiger partial charge in [-0.3, -0.25) is 4.90 Å². The molecule has 1 heterocycles. The van der Waals surface area contributed by atoms with Crippen molar-refractivity contribution in [3.8, 4) is 5.75 Å². The van der Waals surface area contributed by atoms with Crippen molar-refractivity contribution in [2.45, 2.75) is 33.4 Å². The molecule has 1 aromatic rings. The zero-order chi connectivity index (χ0) is 13.8. The lowest BCUT2D eigenvalue weighted by atomic mass is 9.99. The number of nitrogens with one attached hydrogen (secondary N) is 1. The number of ether oxygens (including phenoxy) is 1. The Morgan fingerprint density at radius 3 is 2.89 bits per heavy atom. The van der Waals surface area contributed by atoms with E-state index in [4.69, 9.17) is 4.74 Å². The number of piperazine rings is 1. The third-order valence-electron chi connectivity index (χ3n) is 3.98. The average molecular weight is 262 g/mol. The highest BCUT2D eigenvalue weighted by atomic mass is 16.5. The minimum absolute atomic E-state index is 0.610. The van der Waals surface area contributed by atoms with Crippen molar-refractivity contribution in [3.63, 3.8) is 0 Å². The number of hydrogen-bond donors (Lipinski definition) is 1. The Labute approximate surface area is 116 Å². The van der Waals surface area contributed by atoms with Gasteiger partial charge >= 0.3 is 0 Å². The predicted molar refractivity (Wildman–Crippen MR) is 79.6 cm³/mol. The van der Waals surface area contributed by atoms with Gasteiger partial charge in [0.15, 0.2) is 0 Å². The summed E-state index contributed by atoms with van der Waals surface area (Å²) in [6.45, 7) is 11.0. The molecule has 1 fully saturated rings. The quantitative estimate of drug-likeness (QED) is 0.902. The van der Waals surface area contributed by atoms with Gasteiger partial charge in [0.05, 0.1) is 7.11 Å². The molecule has 1 N–H and O–H groups in total. The standard InChI is InChI=1S/C16H26N2O/c1-12(2)15-10-17-7-8-18(15)11-14-9-13(3)5-6-16(14)19-4/h5-6,9,12,15,17H,7-8,10-11H2,1-4H3. The normalized spacial score (nSPS) is 20.8. The Bertz CT molecular complexity index is 417. The van der Waals surface area contributed by atoms with Crippen LogP contribution in [0.2, 0.25) is 0 Å². The van der Waals surface area contributed by atoms with E-state index in [-0.39, 0.29) is 0 Å². The summed E-state index contributed by atoms with van der Waals surface area (Å²) in [6, 6.07) is 7.05. The van der Waals surface area contributed by atoms with Crippen molar-refractivity contribution < 1.29 is 4.74 Å². The summed E-state index contributed by atoms with van der Waals surface area (Å²) in [5.41, 5.74) is 2.60. The summed E-state index contributed by atoms with van der Waals surface area (Å²) >= 11 is 0. The lowest BCUT2D eigenvalue weighted by molar-refractivity contribution is 0.116. The van der Waals surface area contributed by atoms with Crippen molar-refractivity contribution in [2.75, 3.05) is 26.7 Å². The molecule has 0 radical (unpaired) electrons. The lowest BCUT2D eigenvalue weighted by Gasteiger charge is -2.38. The fourth-order valence-electron chi connectivity index (χ4n) is 2.87. The first-order valence-electron chi connectivity index (χ1n) is 7.20. The van der Waals surface area contributed by atoms with Gasteiger partial charge in [-0.05, 0) is 18.9 Å². The number of hydrogen-bond acceptors (Lipinski definition) is 3. The second kappa shape index (κ2) is 6.40. The fraction of sp³-hybridized carbons (Fsp3) is 0.625. The molecule has 106 valence electrons. The molecule has 0 aliphatic carbocycles. The maximum atomic E-state index is 5.50. The minimum Gasteiger partial charge on any atom is -0.496 e. The Hall–Kier alpha value is -1.06. The lowest BCUT2D eigenvalue weighted by Crippen LogP contribution is -2.52. The van der Waals surface area contributed by atoms with Crippen molar-refractivity contribution in [1.29, 1.82) is 0 Å². The van der Waals surface area contributed by atoms with Gasteiger partial charge in [-0.15, -0.1) is 0 Å². The van der Waals surface area contributed by atoms with E-state index in [2.05, 4.69) is 49.2 Å². The molecule has 1 aliphatic rings. The number of nitrogens with zero attached hydrogens (tertiary/aromatic N) is 1. The van der Waals surface area contributed by atoms with Crippen LogP contribution >= 0.6 is 0 Å². The summed E-state index contributed by atoms with van der Waals surface area (Å²) in [7, 11) is 1.76. The summed E-state index contributed by atoms with van der Waals surface area (Å²) in [4.78, 5) is 2.58. The Morgan fingerprint density at radius 1 is 1.42 bits per heavy atom. The molecule has 0 bridgehead atoms. The molecule has 3 nitrogen and oxygen atoms in total. The number of rotatable bonds is 4. The van der Waals surface area contributed by atoms with Gasteiger partial charge in [0, 0.05) is 37.8 Å².